The van der Waals surface area contributed by atoms with Crippen LogP contribution in [0.15, 0.2) is 24.3 Å². The molecule has 3 rings (SSSR count). The zero-order chi connectivity index (χ0) is 16.6. The molecule has 0 aromatic heterocycles. The zero-order valence-electron chi connectivity index (χ0n) is 13.2. The highest BCUT2D eigenvalue weighted by molar-refractivity contribution is 6.07. The first-order valence-electron chi connectivity index (χ1n) is 7.67. The number of rotatable bonds is 2. The number of urea groups is 1. The largest absolute Gasteiger partial charge is 0.333 e. The maximum atomic E-state index is 12.6. The number of imide groups is 1. The van der Waals surface area contributed by atoms with Crippen molar-refractivity contribution in [1.29, 1.82) is 0 Å². The van der Waals surface area contributed by atoms with Crippen LogP contribution in [-0.2, 0) is 10.3 Å². The Morgan fingerprint density at radius 1 is 1.26 bits per heavy atom. The summed E-state index contributed by atoms with van der Waals surface area (Å²) in [5.74, 6) is -0.409. The summed E-state index contributed by atoms with van der Waals surface area (Å²) in [4.78, 5) is 37.7. The number of amides is 4. The monoisotopic (exact) mass is 316 g/mol. The molecule has 0 aliphatic carbocycles. The average Bonchev–Trinajstić information content (AvgIpc) is 2.81. The van der Waals surface area contributed by atoms with Crippen molar-refractivity contribution in [2.75, 3.05) is 19.6 Å². The maximum Gasteiger partial charge on any atom is 0.322 e. The molecule has 0 bridgehead atoms. The van der Waals surface area contributed by atoms with E-state index in [4.69, 9.17) is 0 Å². The van der Waals surface area contributed by atoms with E-state index in [0.29, 0.717) is 17.7 Å². The van der Waals surface area contributed by atoms with Gasteiger partial charge in [-0.3, -0.25) is 14.9 Å². The van der Waals surface area contributed by atoms with Crippen molar-refractivity contribution in [2.45, 2.75) is 25.4 Å². The molecular formula is C16H20N4O3. The van der Waals surface area contributed by atoms with Crippen LogP contribution in [0.2, 0.25) is 0 Å². The number of piperazine rings is 1. The van der Waals surface area contributed by atoms with E-state index >= 15 is 0 Å². The summed E-state index contributed by atoms with van der Waals surface area (Å²) < 4.78 is 0. The summed E-state index contributed by atoms with van der Waals surface area (Å²) >= 11 is 0. The van der Waals surface area contributed by atoms with E-state index in [0.717, 1.165) is 13.1 Å². The smallest absolute Gasteiger partial charge is 0.322 e. The van der Waals surface area contributed by atoms with E-state index in [-0.39, 0.29) is 11.9 Å². The summed E-state index contributed by atoms with van der Waals surface area (Å²) in [5.41, 5.74) is 0.127. The molecule has 2 aliphatic heterocycles. The van der Waals surface area contributed by atoms with Gasteiger partial charge in [-0.2, -0.15) is 0 Å². The maximum absolute atomic E-state index is 12.6. The Labute approximate surface area is 134 Å². The number of hydrogen-bond acceptors (Lipinski definition) is 4. The Morgan fingerprint density at radius 3 is 2.52 bits per heavy atom. The van der Waals surface area contributed by atoms with Gasteiger partial charge < -0.3 is 15.5 Å². The van der Waals surface area contributed by atoms with Gasteiger partial charge in [-0.15, -0.1) is 0 Å². The van der Waals surface area contributed by atoms with Crippen molar-refractivity contribution in [3.63, 3.8) is 0 Å². The number of nitrogens with zero attached hydrogens (tertiary/aromatic N) is 1. The topological polar surface area (TPSA) is 90.5 Å². The van der Waals surface area contributed by atoms with Crippen LogP contribution in [0.3, 0.4) is 0 Å². The second-order valence-electron chi connectivity index (χ2n) is 6.16. The molecule has 0 saturated carbocycles. The van der Waals surface area contributed by atoms with Gasteiger partial charge in [0, 0.05) is 31.2 Å². The second-order valence-corrected chi connectivity index (χ2v) is 6.16. The predicted molar refractivity (Wildman–Crippen MR) is 83.8 cm³/mol. The van der Waals surface area contributed by atoms with Crippen LogP contribution in [0.1, 0.15) is 29.8 Å². The molecule has 1 aromatic rings. The first kappa shape index (κ1) is 15.5. The highest BCUT2D eigenvalue weighted by Crippen LogP contribution is 2.25. The van der Waals surface area contributed by atoms with Crippen LogP contribution in [0, 0.1) is 0 Å². The molecule has 7 nitrogen and oxygen atoms in total. The normalized spacial score (nSPS) is 27.6. The van der Waals surface area contributed by atoms with Crippen molar-refractivity contribution >= 4 is 17.8 Å². The molecule has 122 valence electrons. The van der Waals surface area contributed by atoms with Crippen LogP contribution in [-0.4, -0.2) is 48.4 Å². The van der Waals surface area contributed by atoms with Crippen LogP contribution in [0.5, 0.6) is 0 Å². The van der Waals surface area contributed by atoms with Gasteiger partial charge in [0.25, 0.3) is 11.8 Å². The van der Waals surface area contributed by atoms with E-state index in [2.05, 4.69) is 16.0 Å². The molecule has 2 fully saturated rings. The highest BCUT2D eigenvalue weighted by Gasteiger charge is 2.43. The number of hydrogen-bond donors (Lipinski definition) is 3. The molecular weight excluding hydrogens is 296 g/mol. The summed E-state index contributed by atoms with van der Waals surface area (Å²) in [6.07, 6.45) is 0. The van der Waals surface area contributed by atoms with Gasteiger partial charge in [-0.05, 0) is 31.5 Å². The molecule has 2 aliphatic rings. The molecule has 23 heavy (non-hydrogen) atoms. The molecule has 2 saturated heterocycles. The lowest BCUT2D eigenvalue weighted by molar-refractivity contribution is -0.123. The fourth-order valence-electron chi connectivity index (χ4n) is 3.00. The summed E-state index contributed by atoms with van der Waals surface area (Å²) in [7, 11) is 0. The SMILES string of the molecule is C[C@@H]1CNCCN1C(=O)c1ccc(C2(C)NC(=O)NC2=O)cc1. The van der Waals surface area contributed by atoms with Crippen LogP contribution < -0.4 is 16.0 Å². The van der Waals surface area contributed by atoms with E-state index in [9.17, 15) is 14.4 Å². The molecule has 2 heterocycles. The Bertz CT molecular complexity index is 658. The third-order valence-electron chi connectivity index (χ3n) is 4.52. The van der Waals surface area contributed by atoms with Gasteiger partial charge in [-0.25, -0.2) is 4.79 Å². The second kappa shape index (κ2) is 5.66. The number of carbonyl (C=O) groups is 3. The lowest BCUT2D eigenvalue weighted by Crippen LogP contribution is -2.52. The van der Waals surface area contributed by atoms with Crippen LogP contribution in [0.4, 0.5) is 4.79 Å². The van der Waals surface area contributed by atoms with E-state index in [1.165, 1.54) is 0 Å². The third-order valence-corrected chi connectivity index (χ3v) is 4.52. The summed E-state index contributed by atoms with van der Waals surface area (Å²) in [6.45, 7) is 5.91. The molecule has 0 spiro atoms. The predicted octanol–water partition coefficient (Wildman–Crippen LogP) is 0.175. The van der Waals surface area contributed by atoms with Crippen molar-refractivity contribution in [3.05, 3.63) is 35.4 Å². The van der Waals surface area contributed by atoms with Crippen molar-refractivity contribution in [2.24, 2.45) is 0 Å². The lowest BCUT2D eigenvalue weighted by atomic mass is 9.91. The zero-order valence-corrected chi connectivity index (χ0v) is 13.2. The minimum Gasteiger partial charge on any atom is -0.333 e. The number of benzene rings is 1. The molecule has 7 heteroatoms. The van der Waals surface area contributed by atoms with Crippen molar-refractivity contribution < 1.29 is 14.4 Å². The molecule has 1 aromatic carbocycles. The third kappa shape index (κ3) is 2.68. The minimum absolute atomic E-state index is 0.0180. The van der Waals surface area contributed by atoms with Gasteiger partial charge in [0.15, 0.2) is 0 Å². The molecule has 3 N–H and O–H groups in total. The average molecular weight is 316 g/mol. The standard InChI is InChI=1S/C16H20N4O3/c1-10-9-17-7-8-20(10)13(21)11-3-5-12(6-4-11)16(2)14(22)18-15(23)19-16/h3-6,10,17H,7-9H2,1-2H3,(H2,18,19,22,23)/t10-,16?/m1/s1. The summed E-state index contributed by atoms with van der Waals surface area (Å²) in [6, 6.07) is 6.47. The number of nitrogens with one attached hydrogen (secondary N) is 3. The Kier molecular flexibility index (Phi) is 3.81. The molecule has 0 radical (unpaired) electrons. The van der Waals surface area contributed by atoms with Gasteiger partial charge in [0.2, 0.25) is 0 Å². The summed E-state index contributed by atoms with van der Waals surface area (Å²) in [5, 5.41) is 8.09. The Hall–Kier alpha value is -2.41. The van der Waals surface area contributed by atoms with Gasteiger partial charge in [-0.1, -0.05) is 12.1 Å². The van der Waals surface area contributed by atoms with Crippen molar-refractivity contribution in [3.8, 4) is 0 Å². The van der Waals surface area contributed by atoms with E-state index in [1.807, 2.05) is 11.8 Å². The minimum atomic E-state index is -1.10. The first-order chi connectivity index (χ1) is 10.9. The fraction of sp³-hybridized carbons (Fsp3) is 0.438. The molecule has 2 atom stereocenters. The van der Waals surface area contributed by atoms with E-state index in [1.54, 1.807) is 31.2 Å². The fourth-order valence-corrected chi connectivity index (χ4v) is 3.00. The lowest BCUT2D eigenvalue weighted by Gasteiger charge is -2.34. The van der Waals surface area contributed by atoms with Gasteiger partial charge in [0.1, 0.15) is 5.54 Å². The van der Waals surface area contributed by atoms with Crippen LogP contribution in [0.25, 0.3) is 0 Å². The quantitative estimate of drug-likeness (QED) is 0.679. The first-order valence-corrected chi connectivity index (χ1v) is 7.67. The molecule has 4 amide bonds. The highest BCUT2D eigenvalue weighted by atomic mass is 16.2. The van der Waals surface area contributed by atoms with Crippen molar-refractivity contribution in [1.82, 2.24) is 20.9 Å². The Balaban J connectivity index is 1.81. The van der Waals surface area contributed by atoms with E-state index < -0.39 is 17.5 Å². The van der Waals surface area contributed by atoms with Gasteiger partial charge in [0.05, 0.1) is 0 Å². The molecule has 1 unspecified atom stereocenters. The number of carbonyl (C=O) groups excluding carboxylic acids is 3. The Morgan fingerprint density at radius 2 is 1.96 bits per heavy atom. The van der Waals surface area contributed by atoms with Crippen LogP contribution >= 0.6 is 0 Å². The van der Waals surface area contributed by atoms with Gasteiger partial charge >= 0.3 is 6.03 Å².